The van der Waals surface area contributed by atoms with Crippen molar-refractivity contribution in [2.75, 3.05) is 33.9 Å². The van der Waals surface area contributed by atoms with Crippen molar-refractivity contribution in [2.45, 2.75) is 32.2 Å². The van der Waals surface area contributed by atoms with E-state index in [0.717, 1.165) is 13.1 Å². The number of methoxy groups -OCH3 is 2. The lowest BCUT2D eigenvalue weighted by molar-refractivity contribution is -0.278. The number of aliphatic hydroxyl groups excluding tert-OH is 1. The number of rotatable bonds is 4. The van der Waals surface area contributed by atoms with E-state index >= 15 is 0 Å². The Kier molecular flexibility index (Phi) is 4.52. The molecule has 89 valence electrons. The second-order valence-corrected chi connectivity index (χ2v) is 4.43. The van der Waals surface area contributed by atoms with Crippen molar-refractivity contribution in [2.24, 2.45) is 0 Å². The maximum atomic E-state index is 10.0. The number of hydrogen-bond donors (Lipinski definition) is 1. The average Bonchev–Trinajstić information content (AvgIpc) is 2.18. The van der Waals surface area contributed by atoms with Crippen LogP contribution in [0.5, 0.6) is 0 Å². The number of hydrogen-bond acceptors (Lipinski definition) is 4. The highest BCUT2D eigenvalue weighted by atomic mass is 16.7. The monoisotopic (exact) mass is 216 g/mol. The van der Waals surface area contributed by atoms with Gasteiger partial charge in [-0.3, -0.25) is 4.90 Å². The van der Waals surface area contributed by atoms with Gasteiger partial charge in [0.05, 0.1) is 0 Å². The Hall–Kier alpha value is -0.160. The van der Waals surface area contributed by atoms with E-state index < -0.39 is 11.9 Å². The number of piperidine rings is 1. The summed E-state index contributed by atoms with van der Waals surface area (Å²) in [6.45, 7) is 6.62. The normalized spacial score (nSPS) is 27.2. The van der Waals surface area contributed by atoms with Crippen LogP contribution in [0.2, 0.25) is 0 Å². The molecule has 0 amide bonds. The standard InChI is InChI=1S/C11H22NO3/c1-9(2)7-12-6-5-11(14-3,15-4)10(13)8-12/h10,13H,5-8H2,1-4H3. The molecule has 15 heavy (non-hydrogen) atoms. The first kappa shape index (κ1) is 12.9. The Morgan fingerprint density at radius 3 is 2.40 bits per heavy atom. The number of likely N-dealkylation sites (tertiary alicyclic amines) is 1. The van der Waals surface area contributed by atoms with Gasteiger partial charge < -0.3 is 14.6 Å². The summed E-state index contributed by atoms with van der Waals surface area (Å²) in [7, 11) is 3.17. The van der Waals surface area contributed by atoms with E-state index in [2.05, 4.69) is 18.7 Å². The zero-order valence-electron chi connectivity index (χ0n) is 10.1. The van der Waals surface area contributed by atoms with E-state index in [4.69, 9.17) is 9.47 Å². The van der Waals surface area contributed by atoms with E-state index in [0.29, 0.717) is 13.0 Å². The molecule has 0 saturated carbocycles. The lowest BCUT2D eigenvalue weighted by atomic mass is 9.99. The quantitative estimate of drug-likeness (QED) is 0.701. The molecule has 1 heterocycles. The highest BCUT2D eigenvalue weighted by Gasteiger charge is 2.42. The van der Waals surface area contributed by atoms with Crippen LogP contribution < -0.4 is 0 Å². The Morgan fingerprint density at radius 2 is 2.00 bits per heavy atom. The number of aliphatic hydroxyl groups is 1. The molecule has 1 unspecified atom stereocenters. The van der Waals surface area contributed by atoms with Crippen molar-refractivity contribution in [3.63, 3.8) is 0 Å². The highest BCUT2D eigenvalue weighted by molar-refractivity contribution is 4.91. The molecule has 1 N–H and O–H groups in total. The SMILES string of the molecule is COC1(OC)CCN(C[C](C)C)CC1O. The summed E-state index contributed by atoms with van der Waals surface area (Å²) in [6, 6.07) is 0. The summed E-state index contributed by atoms with van der Waals surface area (Å²) in [6.07, 6.45) is 0.120. The summed E-state index contributed by atoms with van der Waals surface area (Å²) in [5, 5.41) is 10.0. The number of ether oxygens (including phenoxy) is 2. The zero-order valence-corrected chi connectivity index (χ0v) is 10.1. The first-order valence-electron chi connectivity index (χ1n) is 5.34. The maximum Gasteiger partial charge on any atom is 0.196 e. The summed E-state index contributed by atoms with van der Waals surface area (Å²) >= 11 is 0. The molecular formula is C11H22NO3. The minimum absolute atomic E-state index is 0.583. The van der Waals surface area contributed by atoms with E-state index in [-0.39, 0.29) is 0 Å². The molecule has 0 aromatic carbocycles. The Labute approximate surface area is 92.2 Å². The molecule has 0 bridgehead atoms. The molecule has 0 aliphatic carbocycles. The molecule has 1 aliphatic heterocycles. The van der Waals surface area contributed by atoms with Crippen LogP contribution in [0, 0.1) is 5.92 Å². The van der Waals surface area contributed by atoms with Gasteiger partial charge in [0.15, 0.2) is 5.79 Å². The molecule has 1 aliphatic rings. The molecule has 0 spiro atoms. The minimum atomic E-state index is -0.807. The molecular weight excluding hydrogens is 194 g/mol. The third-order valence-electron chi connectivity index (χ3n) is 2.95. The fourth-order valence-electron chi connectivity index (χ4n) is 2.11. The lowest BCUT2D eigenvalue weighted by Gasteiger charge is -2.43. The van der Waals surface area contributed by atoms with E-state index in [1.54, 1.807) is 14.2 Å². The van der Waals surface area contributed by atoms with E-state index in [9.17, 15) is 5.11 Å². The lowest BCUT2D eigenvalue weighted by Crippen LogP contribution is -2.57. The highest BCUT2D eigenvalue weighted by Crippen LogP contribution is 2.27. The van der Waals surface area contributed by atoms with Gasteiger partial charge in [0.1, 0.15) is 6.10 Å². The van der Waals surface area contributed by atoms with Crippen molar-refractivity contribution < 1.29 is 14.6 Å². The van der Waals surface area contributed by atoms with Gasteiger partial charge in [-0.05, 0) is 5.92 Å². The topological polar surface area (TPSA) is 41.9 Å². The van der Waals surface area contributed by atoms with Gasteiger partial charge in [-0.2, -0.15) is 0 Å². The fraction of sp³-hybridized carbons (Fsp3) is 0.909. The summed E-state index contributed by atoms with van der Waals surface area (Å²) in [5.41, 5.74) is 0. The summed E-state index contributed by atoms with van der Waals surface area (Å²) < 4.78 is 10.6. The Balaban J connectivity index is 2.54. The summed E-state index contributed by atoms with van der Waals surface area (Å²) in [5.74, 6) is 0.544. The largest absolute Gasteiger partial charge is 0.386 e. The third-order valence-corrected chi connectivity index (χ3v) is 2.95. The van der Waals surface area contributed by atoms with Crippen LogP contribution in [0.15, 0.2) is 0 Å². The summed E-state index contributed by atoms with van der Waals surface area (Å²) in [4.78, 5) is 2.22. The van der Waals surface area contributed by atoms with Crippen molar-refractivity contribution in [1.82, 2.24) is 4.90 Å². The molecule has 4 nitrogen and oxygen atoms in total. The van der Waals surface area contributed by atoms with Gasteiger partial charge in [-0.1, -0.05) is 13.8 Å². The van der Waals surface area contributed by atoms with Crippen molar-refractivity contribution in [1.29, 1.82) is 0 Å². The van der Waals surface area contributed by atoms with Crippen LogP contribution in [0.1, 0.15) is 20.3 Å². The van der Waals surface area contributed by atoms with Crippen LogP contribution >= 0.6 is 0 Å². The first-order valence-corrected chi connectivity index (χ1v) is 5.34. The number of nitrogens with zero attached hydrogens (tertiary/aromatic N) is 1. The predicted octanol–water partition coefficient (Wildman–Crippen LogP) is 0.656. The smallest absolute Gasteiger partial charge is 0.196 e. The van der Waals surface area contributed by atoms with Crippen LogP contribution in [0.4, 0.5) is 0 Å². The third kappa shape index (κ3) is 2.91. The molecule has 1 rings (SSSR count). The molecule has 0 aromatic rings. The molecule has 1 radical (unpaired) electrons. The maximum absolute atomic E-state index is 10.0. The van der Waals surface area contributed by atoms with E-state index in [1.807, 2.05) is 0 Å². The minimum Gasteiger partial charge on any atom is -0.386 e. The molecule has 4 heteroatoms. The van der Waals surface area contributed by atoms with Gasteiger partial charge in [-0.25, -0.2) is 0 Å². The Morgan fingerprint density at radius 1 is 1.40 bits per heavy atom. The van der Waals surface area contributed by atoms with Crippen molar-refractivity contribution >= 4 is 0 Å². The van der Waals surface area contributed by atoms with Gasteiger partial charge in [-0.15, -0.1) is 0 Å². The van der Waals surface area contributed by atoms with Crippen LogP contribution in [-0.4, -0.2) is 55.8 Å². The van der Waals surface area contributed by atoms with Crippen LogP contribution in [0.3, 0.4) is 0 Å². The van der Waals surface area contributed by atoms with Crippen molar-refractivity contribution in [3.8, 4) is 0 Å². The zero-order chi connectivity index (χ0) is 11.5. The van der Waals surface area contributed by atoms with Crippen molar-refractivity contribution in [3.05, 3.63) is 5.92 Å². The van der Waals surface area contributed by atoms with Gasteiger partial charge in [0, 0.05) is 40.3 Å². The Bertz CT molecular complexity index is 192. The van der Waals surface area contributed by atoms with Gasteiger partial charge >= 0.3 is 0 Å². The number of β-amino-alcohol motifs (C(OH)–C–C–N with tert-alkyl or cyclic N) is 1. The van der Waals surface area contributed by atoms with Gasteiger partial charge in [0.2, 0.25) is 0 Å². The van der Waals surface area contributed by atoms with E-state index in [1.165, 1.54) is 5.92 Å². The van der Waals surface area contributed by atoms with Gasteiger partial charge in [0.25, 0.3) is 0 Å². The predicted molar refractivity (Wildman–Crippen MR) is 58.4 cm³/mol. The average molecular weight is 216 g/mol. The molecule has 1 atom stereocenters. The fourth-order valence-corrected chi connectivity index (χ4v) is 2.11. The molecule has 0 aromatic heterocycles. The first-order chi connectivity index (χ1) is 7.04. The van der Waals surface area contributed by atoms with Crippen LogP contribution in [-0.2, 0) is 9.47 Å². The second-order valence-electron chi connectivity index (χ2n) is 4.43. The molecule has 1 saturated heterocycles. The molecule has 1 fully saturated rings. The second kappa shape index (κ2) is 5.25. The van der Waals surface area contributed by atoms with Crippen LogP contribution in [0.25, 0.3) is 0 Å².